The SMILES string of the molecule is CC(C)(C)c1ccc2c(c1)c1ccccc1n2-c1cc(-c2ccc(C(F)(F)F)c(-n3c4ccccc4c4cc(C(C)(C)C)ccc43)c2)ccc1C(F)(F)F. The summed E-state index contributed by atoms with van der Waals surface area (Å²) in [5.74, 6) is 0. The van der Waals surface area contributed by atoms with E-state index >= 15 is 0 Å². The highest BCUT2D eigenvalue weighted by Crippen LogP contribution is 2.44. The minimum atomic E-state index is -4.71. The molecule has 6 aromatic carbocycles. The molecule has 2 nitrogen and oxygen atoms in total. The summed E-state index contributed by atoms with van der Waals surface area (Å²) in [7, 11) is 0. The Kier molecular flexibility index (Phi) is 7.90. The van der Waals surface area contributed by atoms with Gasteiger partial charge in [0.2, 0.25) is 0 Å². The summed E-state index contributed by atoms with van der Waals surface area (Å²) in [5.41, 5.74) is 2.85. The van der Waals surface area contributed by atoms with Crippen molar-refractivity contribution in [2.45, 2.75) is 64.7 Å². The average Bonchev–Trinajstić information content (AvgIpc) is 3.62. The third kappa shape index (κ3) is 5.83. The number of halogens is 6. The summed E-state index contributed by atoms with van der Waals surface area (Å²) in [6, 6.07) is 34.0. The number of para-hydroxylation sites is 2. The van der Waals surface area contributed by atoms with Crippen molar-refractivity contribution in [2.24, 2.45) is 0 Å². The van der Waals surface area contributed by atoms with Crippen LogP contribution in [-0.2, 0) is 23.2 Å². The van der Waals surface area contributed by atoms with E-state index in [0.717, 1.165) is 44.8 Å². The molecule has 0 atom stereocenters. The first-order valence-electron chi connectivity index (χ1n) is 17.8. The van der Waals surface area contributed by atoms with Gasteiger partial charge in [0, 0.05) is 21.5 Å². The Morgan fingerprint density at radius 1 is 0.370 bits per heavy atom. The highest BCUT2D eigenvalue weighted by atomic mass is 19.4. The number of fused-ring (bicyclic) bond motifs is 6. The van der Waals surface area contributed by atoms with E-state index in [2.05, 4.69) is 41.5 Å². The zero-order valence-corrected chi connectivity index (χ0v) is 30.7. The summed E-state index contributed by atoms with van der Waals surface area (Å²) < 4.78 is 92.6. The molecule has 2 aromatic heterocycles. The Morgan fingerprint density at radius 3 is 1.07 bits per heavy atom. The molecule has 0 aliphatic rings. The van der Waals surface area contributed by atoms with E-state index in [9.17, 15) is 26.3 Å². The molecule has 0 saturated heterocycles. The maximum absolute atomic E-state index is 14.9. The summed E-state index contributed by atoms with van der Waals surface area (Å²) in [6.07, 6.45) is -9.42. The maximum atomic E-state index is 14.9. The maximum Gasteiger partial charge on any atom is 0.418 e. The second-order valence-electron chi connectivity index (χ2n) is 16.1. The molecule has 0 amide bonds. The molecule has 0 aliphatic heterocycles. The molecular weight excluding hydrogens is 695 g/mol. The molecule has 8 heteroatoms. The molecular formula is C46H38F6N2. The zero-order valence-electron chi connectivity index (χ0n) is 30.7. The fourth-order valence-corrected chi connectivity index (χ4v) is 7.67. The fourth-order valence-electron chi connectivity index (χ4n) is 7.67. The molecule has 0 aliphatic carbocycles. The van der Waals surface area contributed by atoms with Crippen molar-refractivity contribution in [3.63, 3.8) is 0 Å². The van der Waals surface area contributed by atoms with Crippen LogP contribution in [0.2, 0.25) is 0 Å². The number of hydrogen-bond acceptors (Lipinski definition) is 0. The molecule has 0 radical (unpaired) electrons. The minimum absolute atomic E-state index is 0.109. The molecule has 0 fully saturated rings. The number of hydrogen-bond donors (Lipinski definition) is 0. The Bertz CT molecular complexity index is 2570. The molecule has 8 aromatic rings. The van der Waals surface area contributed by atoms with Crippen LogP contribution in [0.5, 0.6) is 0 Å². The molecule has 0 saturated carbocycles. The van der Waals surface area contributed by atoms with Crippen molar-refractivity contribution in [1.29, 1.82) is 0 Å². The third-order valence-corrected chi connectivity index (χ3v) is 10.5. The number of rotatable bonds is 3. The Balaban J connectivity index is 1.40. The standard InChI is InChI=1S/C46H38F6N2/c1-43(2,3)29-17-21-39-33(25-29)31-11-7-9-13-37(31)53(39)41-23-27(15-19-35(41)45(47,48)49)28-16-20-36(46(50,51)52)42(24-28)54-38-14-10-8-12-32(38)34-26-30(44(4,5)6)18-22-40(34)54/h7-26H,1-6H3. The van der Waals surface area contributed by atoms with Gasteiger partial charge in [0.15, 0.2) is 0 Å². The van der Waals surface area contributed by atoms with Crippen molar-refractivity contribution < 1.29 is 26.3 Å². The van der Waals surface area contributed by atoms with Gasteiger partial charge >= 0.3 is 12.4 Å². The molecule has 0 spiro atoms. The number of aromatic nitrogens is 2. The van der Waals surface area contributed by atoms with Crippen LogP contribution in [0.1, 0.15) is 63.8 Å². The summed E-state index contributed by atoms with van der Waals surface area (Å²) >= 11 is 0. The van der Waals surface area contributed by atoms with Gasteiger partial charge < -0.3 is 9.13 Å². The van der Waals surface area contributed by atoms with Gasteiger partial charge in [0.05, 0.1) is 44.6 Å². The van der Waals surface area contributed by atoms with E-state index in [-0.39, 0.29) is 22.2 Å². The summed E-state index contributed by atoms with van der Waals surface area (Å²) in [5, 5.41) is 3.23. The summed E-state index contributed by atoms with van der Waals surface area (Å²) in [4.78, 5) is 0. The minimum Gasteiger partial charge on any atom is -0.309 e. The molecule has 0 unspecified atom stereocenters. The van der Waals surface area contributed by atoms with Crippen LogP contribution in [0.4, 0.5) is 26.3 Å². The van der Waals surface area contributed by atoms with Crippen molar-refractivity contribution in [3.8, 4) is 22.5 Å². The number of alkyl halides is 6. The first kappa shape index (κ1) is 35.5. The lowest BCUT2D eigenvalue weighted by atomic mass is 9.86. The van der Waals surface area contributed by atoms with Gasteiger partial charge in [0.25, 0.3) is 0 Å². The lowest BCUT2D eigenvalue weighted by Crippen LogP contribution is -2.12. The normalized spacial score (nSPS) is 13.2. The first-order valence-corrected chi connectivity index (χ1v) is 17.8. The predicted octanol–water partition coefficient (Wildman–Crippen LogP) is 14.2. The van der Waals surface area contributed by atoms with Crippen LogP contribution in [-0.4, -0.2) is 9.13 Å². The molecule has 2 heterocycles. The van der Waals surface area contributed by atoms with Gasteiger partial charge in [-0.1, -0.05) is 102 Å². The highest BCUT2D eigenvalue weighted by molar-refractivity contribution is 6.11. The zero-order chi connectivity index (χ0) is 38.5. The molecule has 274 valence electrons. The molecule has 54 heavy (non-hydrogen) atoms. The Morgan fingerprint density at radius 2 is 0.722 bits per heavy atom. The topological polar surface area (TPSA) is 9.86 Å². The lowest BCUT2D eigenvalue weighted by Gasteiger charge is -2.21. The van der Waals surface area contributed by atoms with Crippen molar-refractivity contribution >= 4 is 43.6 Å². The number of nitrogens with zero attached hydrogens (tertiary/aromatic N) is 2. The van der Waals surface area contributed by atoms with Gasteiger partial charge in [-0.05, 0) is 93.7 Å². The molecule has 8 rings (SSSR count). The van der Waals surface area contributed by atoms with Crippen LogP contribution >= 0.6 is 0 Å². The van der Waals surface area contributed by atoms with Crippen LogP contribution in [0, 0.1) is 0 Å². The average molecular weight is 733 g/mol. The van der Waals surface area contributed by atoms with E-state index in [1.165, 1.54) is 24.3 Å². The largest absolute Gasteiger partial charge is 0.418 e. The van der Waals surface area contributed by atoms with Gasteiger partial charge in [-0.3, -0.25) is 0 Å². The van der Waals surface area contributed by atoms with E-state index in [0.29, 0.717) is 33.2 Å². The van der Waals surface area contributed by atoms with E-state index in [1.54, 1.807) is 33.4 Å². The third-order valence-electron chi connectivity index (χ3n) is 10.5. The quantitative estimate of drug-likeness (QED) is 0.160. The van der Waals surface area contributed by atoms with Crippen LogP contribution in [0.3, 0.4) is 0 Å². The predicted molar refractivity (Wildman–Crippen MR) is 208 cm³/mol. The van der Waals surface area contributed by atoms with Crippen molar-refractivity contribution in [1.82, 2.24) is 9.13 Å². The highest BCUT2D eigenvalue weighted by Gasteiger charge is 2.37. The van der Waals surface area contributed by atoms with Crippen molar-refractivity contribution in [2.75, 3.05) is 0 Å². The van der Waals surface area contributed by atoms with Gasteiger partial charge in [-0.2, -0.15) is 26.3 Å². The van der Waals surface area contributed by atoms with Gasteiger partial charge in [-0.15, -0.1) is 0 Å². The number of benzene rings is 6. The summed E-state index contributed by atoms with van der Waals surface area (Å²) in [6.45, 7) is 12.5. The van der Waals surface area contributed by atoms with Gasteiger partial charge in [-0.25, -0.2) is 0 Å². The van der Waals surface area contributed by atoms with Crippen LogP contribution in [0.15, 0.2) is 121 Å². The monoisotopic (exact) mass is 732 g/mol. The smallest absolute Gasteiger partial charge is 0.309 e. The molecule has 0 bridgehead atoms. The van der Waals surface area contributed by atoms with Crippen LogP contribution in [0.25, 0.3) is 66.1 Å². The lowest BCUT2D eigenvalue weighted by molar-refractivity contribution is -0.138. The second kappa shape index (κ2) is 12.0. The van der Waals surface area contributed by atoms with E-state index < -0.39 is 23.5 Å². The van der Waals surface area contributed by atoms with Crippen LogP contribution < -0.4 is 0 Å². The Hall–Kier alpha value is -5.50. The van der Waals surface area contributed by atoms with E-state index in [4.69, 9.17) is 0 Å². The van der Waals surface area contributed by atoms with Gasteiger partial charge in [0.1, 0.15) is 0 Å². The second-order valence-corrected chi connectivity index (χ2v) is 16.1. The molecule has 0 N–H and O–H groups in total. The first-order chi connectivity index (χ1) is 25.3. The Labute approximate surface area is 309 Å². The van der Waals surface area contributed by atoms with E-state index in [1.807, 2.05) is 60.7 Å². The van der Waals surface area contributed by atoms with Crippen molar-refractivity contribution in [3.05, 3.63) is 144 Å². The fraction of sp³-hybridized carbons (Fsp3) is 0.217.